The molecule has 0 spiro atoms. The summed E-state index contributed by atoms with van der Waals surface area (Å²) in [6, 6.07) is 13.5. The van der Waals surface area contributed by atoms with Crippen LogP contribution in [0.4, 0.5) is 0 Å². The molecule has 1 heterocycles. The van der Waals surface area contributed by atoms with E-state index in [1.54, 1.807) is 38.7 Å². The van der Waals surface area contributed by atoms with Crippen LogP contribution in [0.3, 0.4) is 0 Å². The van der Waals surface area contributed by atoms with E-state index in [1.165, 1.54) is 0 Å². The van der Waals surface area contributed by atoms with Gasteiger partial charge < -0.3 is 19.1 Å². The van der Waals surface area contributed by atoms with E-state index in [0.717, 1.165) is 16.3 Å². The lowest BCUT2D eigenvalue weighted by atomic mass is 9.77. The lowest BCUT2D eigenvalue weighted by molar-refractivity contribution is -0.161. The highest BCUT2D eigenvalue weighted by Gasteiger charge is 2.61. The second kappa shape index (κ2) is 13.5. The maximum absolute atomic E-state index is 14.3. The predicted octanol–water partition coefficient (Wildman–Crippen LogP) is 6.43. The van der Waals surface area contributed by atoms with E-state index in [1.807, 2.05) is 39.0 Å². The second-order valence-electron chi connectivity index (χ2n) is 14.6. The summed E-state index contributed by atoms with van der Waals surface area (Å²) in [5.74, 6) is -2.23. The van der Waals surface area contributed by atoms with E-state index in [-0.39, 0.29) is 43.6 Å². The largest absolute Gasteiger partial charge is 0.466 e. The van der Waals surface area contributed by atoms with Crippen molar-refractivity contribution in [1.29, 1.82) is 0 Å². The molecule has 1 aliphatic heterocycles. The summed E-state index contributed by atoms with van der Waals surface area (Å²) in [6.07, 6.45) is 1.95. The minimum absolute atomic E-state index is 0.0411. The van der Waals surface area contributed by atoms with Crippen LogP contribution >= 0.6 is 0 Å². The topological polar surface area (TPSA) is 99.2 Å². The van der Waals surface area contributed by atoms with Crippen LogP contribution in [-0.2, 0) is 40.0 Å². The zero-order valence-corrected chi connectivity index (χ0v) is 27.9. The number of esters is 2. The molecule has 2 fully saturated rings. The number of fused-ring (bicyclic) bond motifs is 1. The summed E-state index contributed by atoms with van der Waals surface area (Å²) in [4.78, 5) is 55.8. The molecule has 1 amide bonds. The number of Topliss-reactive ketones (excluding diaryl/α,β-unsaturated/α-hetero) is 1. The molecule has 1 saturated carbocycles. The van der Waals surface area contributed by atoms with Crippen LogP contribution in [0.5, 0.6) is 0 Å². The third kappa shape index (κ3) is 8.20. The van der Waals surface area contributed by atoms with Crippen LogP contribution < -0.4 is 0 Å². The third-order valence-electron chi connectivity index (χ3n) is 8.94. The van der Waals surface area contributed by atoms with Crippen molar-refractivity contribution in [3.63, 3.8) is 0 Å². The van der Waals surface area contributed by atoms with Gasteiger partial charge in [-0.3, -0.25) is 19.2 Å². The fourth-order valence-electron chi connectivity index (χ4n) is 6.38. The van der Waals surface area contributed by atoms with E-state index in [4.69, 9.17) is 14.2 Å². The Morgan fingerprint density at radius 3 is 2.33 bits per heavy atom. The van der Waals surface area contributed by atoms with Gasteiger partial charge in [-0.1, -0.05) is 63.2 Å². The number of benzene rings is 2. The van der Waals surface area contributed by atoms with Gasteiger partial charge in [-0.15, -0.1) is 6.58 Å². The number of hydrogen-bond donors (Lipinski definition) is 0. The van der Waals surface area contributed by atoms with Crippen LogP contribution in [0.1, 0.15) is 79.7 Å². The zero-order chi connectivity index (χ0) is 33.2. The molecule has 0 N–H and O–H groups in total. The number of hydrogen-bond acceptors (Lipinski definition) is 7. The van der Waals surface area contributed by atoms with Gasteiger partial charge in [0, 0.05) is 19.4 Å². The Hall–Kier alpha value is -3.52. The molecule has 2 aromatic carbocycles. The van der Waals surface area contributed by atoms with Crippen LogP contribution in [0.15, 0.2) is 55.1 Å². The zero-order valence-electron chi connectivity index (χ0n) is 27.9. The fourth-order valence-corrected chi connectivity index (χ4v) is 6.38. The average Bonchev–Trinajstić information content (AvgIpc) is 3.50. The van der Waals surface area contributed by atoms with E-state index in [9.17, 15) is 19.2 Å². The molecule has 0 radical (unpaired) electrons. The first-order valence-corrected chi connectivity index (χ1v) is 16.0. The number of carbonyl (C=O) groups is 4. The third-order valence-corrected chi connectivity index (χ3v) is 8.94. The molecule has 1 aliphatic carbocycles. The minimum atomic E-state index is -0.951. The maximum atomic E-state index is 14.3. The summed E-state index contributed by atoms with van der Waals surface area (Å²) in [5, 5.41) is 2.24. The smallest absolute Gasteiger partial charge is 0.313 e. The van der Waals surface area contributed by atoms with Gasteiger partial charge in [-0.2, -0.15) is 0 Å². The molecule has 4 rings (SSSR count). The first-order valence-electron chi connectivity index (χ1n) is 16.0. The highest BCUT2D eigenvalue weighted by Crippen LogP contribution is 2.57. The fraction of sp³-hybridized carbons (Fsp3) is 0.568. The van der Waals surface area contributed by atoms with E-state index >= 15 is 0 Å². The monoisotopic (exact) mass is 619 g/mol. The molecule has 8 nitrogen and oxygen atoms in total. The quantitative estimate of drug-likeness (QED) is 0.199. The van der Waals surface area contributed by atoms with Gasteiger partial charge in [0.05, 0.1) is 43.1 Å². The number of rotatable bonds is 12. The maximum Gasteiger partial charge on any atom is 0.313 e. The van der Waals surface area contributed by atoms with Crippen molar-refractivity contribution in [3.8, 4) is 0 Å². The second-order valence-corrected chi connectivity index (χ2v) is 14.6. The lowest BCUT2D eigenvalue weighted by Crippen LogP contribution is -2.48. The molecule has 244 valence electrons. The SMILES string of the molecule is C=CC1CC1(CC(=O)[C@@H]1C[C@@H](OCc2ccc3ccccc3c2)CN1C(=O)C(CC(=O)OC(C)(C)C)C(C)(C)C)C(=O)OCC. The number of likely N-dealkylation sites (tertiary alicyclic amines) is 1. The van der Waals surface area contributed by atoms with E-state index in [0.29, 0.717) is 19.4 Å². The number of nitrogens with zero attached hydrogens (tertiary/aromatic N) is 1. The van der Waals surface area contributed by atoms with Crippen LogP contribution in [0, 0.1) is 22.7 Å². The lowest BCUT2D eigenvalue weighted by Gasteiger charge is -2.35. The van der Waals surface area contributed by atoms with Gasteiger partial charge in [0.2, 0.25) is 5.91 Å². The molecule has 0 aromatic heterocycles. The van der Waals surface area contributed by atoms with Gasteiger partial charge in [0.15, 0.2) is 5.78 Å². The molecule has 0 bridgehead atoms. The van der Waals surface area contributed by atoms with Gasteiger partial charge in [-0.25, -0.2) is 0 Å². The number of ether oxygens (including phenoxy) is 3. The molecule has 3 unspecified atom stereocenters. The first kappa shape index (κ1) is 34.4. The molecule has 2 aliphatic rings. The van der Waals surface area contributed by atoms with Crippen molar-refractivity contribution >= 4 is 34.4 Å². The summed E-state index contributed by atoms with van der Waals surface area (Å²) >= 11 is 0. The summed E-state index contributed by atoms with van der Waals surface area (Å²) in [6.45, 7) is 17.4. The minimum Gasteiger partial charge on any atom is -0.466 e. The Bertz CT molecular complexity index is 1430. The van der Waals surface area contributed by atoms with Gasteiger partial charge in [0.1, 0.15) is 5.60 Å². The molecular weight excluding hydrogens is 570 g/mol. The Balaban J connectivity index is 1.58. The van der Waals surface area contributed by atoms with Gasteiger partial charge in [-0.05, 0) is 67.9 Å². The highest BCUT2D eigenvalue weighted by molar-refractivity contribution is 5.96. The van der Waals surface area contributed by atoms with Crippen molar-refractivity contribution in [3.05, 3.63) is 60.7 Å². The van der Waals surface area contributed by atoms with Crippen molar-refractivity contribution in [2.24, 2.45) is 22.7 Å². The molecule has 5 atom stereocenters. The number of carbonyl (C=O) groups excluding carboxylic acids is 4. The van der Waals surface area contributed by atoms with Crippen LogP contribution in [-0.4, -0.2) is 59.4 Å². The van der Waals surface area contributed by atoms with E-state index in [2.05, 4.69) is 30.8 Å². The average molecular weight is 620 g/mol. The normalized spacial score (nSPS) is 23.8. The Morgan fingerprint density at radius 1 is 1.04 bits per heavy atom. The molecule has 45 heavy (non-hydrogen) atoms. The summed E-state index contributed by atoms with van der Waals surface area (Å²) in [5.41, 5.74) is -1.23. The van der Waals surface area contributed by atoms with Crippen LogP contribution in [0.25, 0.3) is 10.8 Å². The Morgan fingerprint density at radius 2 is 1.73 bits per heavy atom. The molecule has 8 heteroatoms. The summed E-state index contributed by atoms with van der Waals surface area (Å²) in [7, 11) is 0. The number of amides is 1. The summed E-state index contributed by atoms with van der Waals surface area (Å²) < 4.78 is 17.3. The first-order chi connectivity index (χ1) is 21.1. The van der Waals surface area contributed by atoms with E-state index < -0.39 is 46.4 Å². The molecule has 1 saturated heterocycles. The Labute approximate surface area is 267 Å². The van der Waals surface area contributed by atoms with Crippen molar-refractivity contribution in [2.45, 2.75) is 98.5 Å². The van der Waals surface area contributed by atoms with Gasteiger partial charge >= 0.3 is 11.9 Å². The number of ketones is 1. The molecule has 2 aromatic rings. The molecular formula is C37H49NO7. The van der Waals surface area contributed by atoms with Crippen molar-refractivity contribution in [2.75, 3.05) is 13.2 Å². The van der Waals surface area contributed by atoms with Gasteiger partial charge in [0.25, 0.3) is 0 Å². The van der Waals surface area contributed by atoms with Crippen molar-refractivity contribution < 1.29 is 33.4 Å². The van der Waals surface area contributed by atoms with Crippen molar-refractivity contribution in [1.82, 2.24) is 4.90 Å². The van der Waals surface area contributed by atoms with Crippen LogP contribution in [0.2, 0.25) is 0 Å². The number of allylic oxidation sites excluding steroid dienone is 1. The standard InChI is InChI=1S/C37H49NO7/c1-9-27-20-37(27,34(42)43-10-2)21-31(39)30-18-28(44-23-24-15-16-25-13-11-12-14-26(25)17-24)22-38(30)33(41)29(35(3,4)5)19-32(40)45-36(6,7)8/h9,11-17,27-30H,1,10,18-23H2,2-8H3/t27?,28-,29?,30+,37?/m1/s1. The Kier molecular flexibility index (Phi) is 10.3. The predicted molar refractivity (Wildman–Crippen MR) is 173 cm³/mol. The highest BCUT2D eigenvalue weighted by atomic mass is 16.6.